The molecule has 3 rings (SSSR count). The first-order valence-corrected chi connectivity index (χ1v) is 14.7. The molecule has 37 heavy (non-hydrogen) atoms. The van der Waals surface area contributed by atoms with Crippen molar-refractivity contribution in [2.45, 2.75) is 79.2 Å². The van der Waals surface area contributed by atoms with E-state index < -0.39 is 0 Å². The third kappa shape index (κ3) is 7.99. The Morgan fingerprint density at radius 3 is 2.54 bits per heavy atom. The van der Waals surface area contributed by atoms with Gasteiger partial charge in [0.2, 0.25) is 5.91 Å². The number of imidazole rings is 1. The van der Waals surface area contributed by atoms with Crippen molar-refractivity contribution in [3.8, 4) is 0 Å². The SMILES string of the molecule is CCCOCCNC(=O)[C@@H](CC(=O)c1ccc2c(c1)nc(Cc1cccs1)n2C(CC)CC)CC(C)C. The number of benzene rings is 1. The van der Waals surface area contributed by atoms with Crippen LogP contribution >= 0.6 is 11.3 Å². The summed E-state index contributed by atoms with van der Waals surface area (Å²) in [6.45, 7) is 12.3. The number of carbonyl (C=O) groups excluding carboxylic acids is 2. The largest absolute Gasteiger partial charge is 0.380 e. The van der Waals surface area contributed by atoms with E-state index in [1.165, 1.54) is 4.88 Å². The summed E-state index contributed by atoms with van der Waals surface area (Å²) in [5, 5.41) is 5.06. The molecular formula is C30H43N3O3S. The maximum absolute atomic E-state index is 13.4. The smallest absolute Gasteiger partial charge is 0.223 e. The number of rotatable bonds is 16. The van der Waals surface area contributed by atoms with Crippen LogP contribution in [0.2, 0.25) is 0 Å². The van der Waals surface area contributed by atoms with Crippen LogP contribution in [0.25, 0.3) is 11.0 Å². The van der Waals surface area contributed by atoms with Crippen molar-refractivity contribution in [2.75, 3.05) is 19.8 Å². The zero-order chi connectivity index (χ0) is 26.8. The maximum atomic E-state index is 13.4. The van der Waals surface area contributed by atoms with E-state index in [0.717, 1.165) is 42.5 Å². The zero-order valence-electron chi connectivity index (χ0n) is 23.1. The number of hydrogen-bond acceptors (Lipinski definition) is 5. The third-order valence-electron chi connectivity index (χ3n) is 6.76. The third-order valence-corrected chi connectivity index (χ3v) is 7.63. The van der Waals surface area contributed by atoms with E-state index in [2.05, 4.69) is 62.0 Å². The summed E-state index contributed by atoms with van der Waals surface area (Å²) in [7, 11) is 0. The Balaban J connectivity index is 1.81. The predicted octanol–water partition coefficient (Wildman–Crippen LogP) is 6.83. The number of nitrogens with zero attached hydrogens (tertiary/aromatic N) is 2. The highest BCUT2D eigenvalue weighted by atomic mass is 32.1. The number of amides is 1. The van der Waals surface area contributed by atoms with Crippen molar-refractivity contribution < 1.29 is 14.3 Å². The van der Waals surface area contributed by atoms with Crippen LogP contribution in [-0.2, 0) is 16.0 Å². The Bertz CT molecular complexity index is 1130. The van der Waals surface area contributed by atoms with Gasteiger partial charge in [-0.15, -0.1) is 11.3 Å². The molecule has 0 radical (unpaired) electrons. The van der Waals surface area contributed by atoms with Crippen LogP contribution in [0.1, 0.15) is 93.8 Å². The fraction of sp³-hybridized carbons (Fsp3) is 0.567. The van der Waals surface area contributed by atoms with Gasteiger partial charge in [-0.25, -0.2) is 4.98 Å². The molecule has 0 aliphatic heterocycles. The number of Topliss-reactive ketones (excluding diaryl/α,β-unsaturated/α-hetero) is 1. The molecule has 6 nitrogen and oxygen atoms in total. The van der Waals surface area contributed by atoms with Gasteiger partial charge in [0.05, 0.1) is 17.6 Å². The van der Waals surface area contributed by atoms with E-state index in [1.54, 1.807) is 11.3 Å². The van der Waals surface area contributed by atoms with Crippen LogP contribution in [0.3, 0.4) is 0 Å². The van der Waals surface area contributed by atoms with Crippen molar-refractivity contribution in [3.05, 3.63) is 52.0 Å². The van der Waals surface area contributed by atoms with E-state index in [4.69, 9.17) is 9.72 Å². The number of fused-ring (bicyclic) bond motifs is 1. The standard InChI is InChI=1S/C30H43N3O3S/c1-6-14-36-15-13-31-30(35)23(17-21(4)5)19-28(34)22-11-12-27-26(18-22)32-29(20-25-10-9-16-37-25)33(27)24(7-2)8-3/h9-12,16,18,21,23-24H,6-8,13-15,17,19-20H2,1-5H3,(H,31,35)/t23-/m1/s1. The van der Waals surface area contributed by atoms with Gasteiger partial charge in [0.15, 0.2) is 5.78 Å². The zero-order valence-corrected chi connectivity index (χ0v) is 23.9. The first-order chi connectivity index (χ1) is 17.9. The number of aromatic nitrogens is 2. The fourth-order valence-electron chi connectivity index (χ4n) is 4.91. The second kappa shape index (κ2) is 14.4. The highest BCUT2D eigenvalue weighted by Gasteiger charge is 2.25. The summed E-state index contributed by atoms with van der Waals surface area (Å²) in [5.74, 6) is 0.920. The molecule has 0 unspecified atom stereocenters. The molecule has 1 N–H and O–H groups in total. The normalized spacial score (nSPS) is 12.5. The summed E-state index contributed by atoms with van der Waals surface area (Å²) in [6.07, 6.45) is 4.65. The van der Waals surface area contributed by atoms with E-state index in [9.17, 15) is 9.59 Å². The molecular weight excluding hydrogens is 482 g/mol. The minimum absolute atomic E-state index is 0.0122. The van der Waals surface area contributed by atoms with Gasteiger partial charge in [0.1, 0.15) is 5.82 Å². The van der Waals surface area contributed by atoms with Gasteiger partial charge < -0.3 is 14.6 Å². The molecule has 0 saturated carbocycles. The number of ketones is 1. The van der Waals surface area contributed by atoms with E-state index in [1.807, 2.05) is 18.2 Å². The van der Waals surface area contributed by atoms with Crippen LogP contribution in [-0.4, -0.2) is 41.0 Å². The molecule has 2 aromatic heterocycles. The Morgan fingerprint density at radius 2 is 1.89 bits per heavy atom. The molecule has 2 heterocycles. The first kappa shape index (κ1) is 29.1. The molecule has 0 aliphatic rings. The lowest BCUT2D eigenvalue weighted by Crippen LogP contribution is -2.35. The number of hydrogen-bond donors (Lipinski definition) is 1. The van der Waals surface area contributed by atoms with Gasteiger partial charge >= 0.3 is 0 Å². The van der Waals surface area contributed by atoms with Crippen LogP contribution < -0.4 is 5.32 Å². The van der Waals surface area contributed by atoms with Crippen molar-refractivity contribution in [3.63, 3.8) is 0 Å². The molecule has 0 spiro atoms. The Labute approximate surface area is 225 Å². The predicted molar refractivity (Wildman–Crippen MR) is 152 cm³/mol. The average molecular weight is 526 g/mol. The number of thiophene rings is 1. The molecule has 202 valence electrons. The van der Waals surface area contributed by atoms with Gasteiger partial charge in [-0.05, 0) is 61.2 Å². The molecule has 0 saturated heterocycles. The monoisotopic (exact) mass is 525 g/mol. The van der Waals surface area contributed by atoms with Gasteiger partial charge in [0, 0.05) is 48.4 Å². The summed E-state index contributed by atoms with van der Waals surface area (Å²) < 4.78 is 7.83. The van der Waals surface area contributed by atoms with Crippen molar-refractivity contribution in [1.29, 1.82) is 0 Å². The first-order valence-electron chi connectivity index (χ1n) is 13.8. The lowest BCUT2D eigenvalue weighted by Gasteiger charge is -2.19. The van der Waals surface area contributed by atoms with Crippen molar-refractivity contribution >= 4 is 34.1 Å². The van der Waals surface area contributed by atoms with Gasteiger partial charge in [-0.2, -0.15) is 0 Å². The minimum Gasteiger partial charge on any atom is -0.380 e. The quantitative estimate of drug-likeness (QED) is 0.164. The van der Waals surface area contributed by atoms with Crippen LogP contribution in [0, 0.1) is 11.8 Å². The number of nitrogens with one attached hydrogen (secondary N) is 1. The Morgan fingerprint density at radius 1 is 1.11 bits per heavy atom. The lowest BCUT2D eigenvalue weighted by atomic mass is 9.89. The second-order valence-electron chi connectivity index (χ2n) is 10.2. The molecule has 7 heteroatoms. The highest BCUT2D eigenvalue weighted by molar-refractivity contribution is 7.09. The fourth-order valence-corrected chi connectivity index (χ4v) is 5.61. The summed E-state index contributed by atoms with van der Waals surface area (Å²) in [6, 6.07) is 10.4. The van der Waals surface area contributed by atoms with Gasteiger partial charge in [-0.1, -0.05) is 40.7 Å². The maximum Gasteiger partial charge on any atom is 0.223 e. The highest BCUT2D eigenvalue weighted by Crippen LogP contribution is 2.29. The molecule has 3 aromatic rings. The van der Waals surface area contributed by atoms with Crippen LogP contribution in [0.15, 0.2) is 35.7 Å². The van der Waals surface area contributed by atoms with E-state index >= 15 is 0 Å². The topological polar surface area (TPSA) is 73.2 Å². The molecule has 0 aliphatic carbocycles. The van der Waals surface area contributed by atoms with Crippen molar-refractivity contribution in [1.82, 2.24) is 14.9 Å². The summed E-state index contributed by atoms with van der Waals surface area (Å²) in [4.78, 5) is 32.5. The summed E-state index contributed by atoms with van der Waals surface area (Å²) >= 11 is 1.74. The van der Waals surface area contributed by atoms with Gasteiger partial charge in [0.25, 0.3) is 0 Å². The average Bonchev–Trinajstić information content (AvgIpc) is 3.51. The van der Waals surface area contributed by atoms with Gasteiger partial charge in [-0.3, -0.25) is 9.59 Å². The second-order valence-corrected chi connectivity index (χ2v) is 11.2. The Kier molecular flexibility index (Phi) is 11.3. The van der Waals surface area contributed by atoms with E-state index in [-0.39, 0.29) is 24.0 Å². The van der Waals surface area contributed by atoms with Crippen LogP contribution in [0.4, 0.5) is 0 Å². The molecule has 1 aromatic carbocycles. The van der Waals surface area contributed by atoms with Crippen molar-refractivity contribution in [2.24, 2.45) is 11.8 Å². The lowest BCUT2D eigenvalue weighted by molar-refractivity contribution is -0.125. The molecule has 0 bridgehead atoms. The number of ether oxygens (including phenoxy) is 1. The van der Waals surface area contributed by atoms with E-state index in [0.29, 0.717) is 43.7 Å². The Hall–Kier alpha value is -2.51. The molecule has 1 amide bonds. The van der Waals surface area contributed by atoms with Crippen LogP contribution in [0.5, 0.6) is 0 Å². The number of carbonyl (C=O) groups is 2. The molecule has 1 atom stereocenters. The summed E-state index contributed by atoms with van der Waals surface area (Å²) in [5.41, 5.74) is 2.54. The minimum atomic E-state index is -0.356. The molecule has 0 fully saturated rings.